The van der Waals surface area contributed by atoms with Gasteiger partial charge >= 0.3 is 6.36 Å². The summed E-state index contributed by atoms with van der Waals surface area (Å²) in [5.74, 6) is -0.315. The first-order valence-corrected chi connectivity index (χ1v) is 7.81. The lowest BCUT2D eigenvalue weighted by atomic mass is 10.2. The van der Waals surface area contributed by atoms with Crippen molar-refractivity contribution in [3.8, 4) is 17.2 Å². The van der Waals surface area contributed by atoms with Gasteiger partial charge in [0.2, 0.25) is 0 Å². The van der Waals surface area contributed by atoms with Crippen molar-refractivity contribution in [1.82, 2.24) is 0 Å². The van der Waals surface area contributed by atoms with Crippen LogP contribution in [0.3, 0.4) is 0 Å². The van der Waals surface area contributed by atoms with Gasteiger partial charge in [0.15, 0.2) is 18.1 Å². The molecule has 0 fully saturated rings. The summed E-state index contributed by atoms with van der Waals surface area (Å²) in [6.07, 6.45) is -4.12. The summed E-state index contributed by atoms with van der Waals surface area (Å²) in [7, 11) is 0. The lowest BCUT2D eigenvalue weighted by Gasteiger charge is -2.13. The summed E-state index contributed by atoms with van der Waals surface area (Å²) in [5.41, 5.74) is 0.677. The second kappa shape index (κ2) is 8.93. The minimum Gasteiger partial charge on any atom is -0.490 e. The molecule has 1 amide bonds. The normalized spacial score (nSPS) is 10.8. The van der Waals surface area contributed by atoms with Gasteiger partial charge in [0, 0.05) is 11.3 Å². The number of aldehydes is 1. The van der Waals surface area contributed by atoms with Gasteiger partial charge in [0.25, 0.3) is 5.91 Å². The first-order chi connectivity index (χ1) is 12.8. The van der Waals surface area contributed by atoms with Crippen LogP contribution in [0, 0.1) is 0 Å². The predicted octanol–water partition coefficient (Wildman–Crippen LogP) is 3.81. The third-order valence-electron chi connectivity index (χ3n) is 3.13. The second-order valence-corrected chi connectivity index (χ2v) is 5.17. The molecule has 9 heteroatoms. The molecule has 2 aromatic carbocycles. The number of rotatable bonds is 8. The molecule has 0 spiro atoms. The molecule has 0 saturated carbocycles. The van der Waals surface area contributed by atoms with Crippen molar-refractivity contribution in [2.75, 3.05) is 18.5 Å². The summed E-state index contributed by atoms with van der Waals surface area (Å²) in [5, 5.41) is 2.48. The highest BCUT2D eigenvalue weighted by molar-refractivity contribution is 5.92. The van der Waals surface area contributed by atoms with E-state index in [2.05, 4.69) is 10.1 Å². The van der Waals surface area contributed by atoms with Crippen LogP contribution in [0.2, 0.25) is 0 Å². The summed E-state index contributed by atoms with van der Waals surface area (Å²) < 4.78 is 50.8. The van der Waals surface area contributed by atoms with Crippen molar-refractivity contribution in [1.29, 1.82) is 0 Å². The summed E-state index contributed by atoms with van der Waals surface area (Å²) in [4.78, 5) is 22.8. The zero-order valence-corrected chi connectivity index (χ0v) is 14.2. The van der Waals surface area contributed by atoms with E-state index in [1.54, 1.807) is 6.92 Å². The van der Waals surface area contributed by atoms with Crippen molar-refractivity contribution >= 4 is 17.9 Å². The molecule has 2 rings (SSSR count). The number of alkyl halides is 3. The molecular weight excluding hydrogens is 367 g/mol. The Bertz CT molecular complexity index is 791. The van der Waals surface area contributed by atoms with Gasteiger partial charge < -0.3 is 19.5 Å². The smallest absolute Gasteiger partial charge is 0.490 e. The quantitative estimate of drug-likeness (QED) is 0.702. The lowest BCUT2D eigenvalue weighted by molar-refractivity contribution is -0.274. The van der Waals surface area contributed by atoms with E-state index in [4.69, 9.17) is 9.47 Å². The van der Waals surface area contributed by atoms with Gasteiger partial charge in [-0.3, -0.25) is 9.59 Å². The third kappa shape index (κ3) is 6.53. The van der Waals surface area contributed by atoms with Gasteiger partial charge in [0.1, 0.15) is 12.0 Å². The van der Waals surface area contributed by atoms with E-state index in [0.717, 1.165) is 12.1 Å². The summed E-state index contributed by atoms with van der Waals surface area (Å²) >= 11 is 0. The van der Waals surface area contributed by atoms with Crippen molar-refractivity contribution in [2.24, 2.45) is 0 Å². The SMILES string of the molecule is CCOc1cc(C=O)ccc1OCC(=O)Nc1ccc(OC(F)(F)F)cc1. The van der Waals surface area contributed by atoms with Crippen molar-refractivity contribution in [3.05, 3.63) is 48.0 Å². The predicted molar refractivity (Wildman–Crippen MR) is 90.2 cm³/mol. The maximum absolute atomic E-state index is 12.1. The fourth-order valence-corrected chi connectivity index (χ4v) is 2.07. The Morgan fingerprint density at radius 1 is 1.07 bits per heavy atom. The zero-order valence-electron chi connectivity index (χ0n) is 14.2. The van der Waals surface area contributed by atoms with Gasteiger partial charge in [0.05, 0.1) is 6.61 Å². The minimum atomic E-state index is -4.78. The maximum atomic E-state index is 12.1. The standard InChI is InChI=1S/C18H16F3NO5/c1-2-25-16-9-12(10-23)3-8-15(16)26-11-17(24)22-13-4-6-14(7-5-13)27-18(19,20)21/h3-10H,2,11H2,1H3,(H,22,24). The van der Waals surface area contributed by atoms with Crippen LogP contribution in [0.15, 0.2) is 42.5 Å². The van der Waals surface area contributed by atoms with E-state index < -0.39 is 18.0 Å². The molecule has 27 heavy (non-hydrogen) atoms. The molecule has 0 aliphatic heterocycles. The molecule has 144 valence electrons. The van der Waals surface area contributed by atoms with Crippen LogP contribution in [0.4, 0.5) is 18.9 Å². The number of carbonyl (C=O) groups excluding carboxylic acids is 2. The number of carbonyl (C=O) groups is 2. The van der Waals surface area contributed by atoms with Crippen molar-refractivity contribution in [3.63, 3.8) is 0 Å². The topological polar surface area (TPSA) is 73.9 Å². The van der Waals surface area contributed by atoms with Gasteiger partial charge in [-0.25, -0.2) is 0 Å². The number of benzene rings is 2. The number of ether oxygens (including phenoxy) is 3. The molecule has 0 atom stereocenters. The van der Waals surface area contributed by atoms with Crippen LogP contribution in [-0.2, 0) is 4.79 Å². The van der Waals surface area contributed by atoms with E-state index in [0.29, 0.717) is 24.2 Å². The molecule has 0 heterocycles. The zero-order chi connectivity index (χ0) is 19.9. The Morgan fingerprint density at radius 2 is 1.78 bits per heavy atom. The van der Waals surface area contributed by atoms with Gasteiger partial charge in [-0.1, -0.05) is 0 Å². The van der Waals surface area contributed by atoms with Gasteiger partial charge in [-0.15, -0.1) is 13.2 Å². The second-order valence-electron chi connectivity index (χ2n) is 5.17. The number of halogens is 3. The molecule has 2 aromatic rings. The molecule has 1 N–H and O–H groups in total. The summed E-state index contributed by atoms with van der Waals surface area (Å²) in [6.45, 7) is 1.74. The van der Waals surface area contributed by atoms with E-state index in [-0.39, 0.29) is 18.0 Å². The van der Waals surface area contributed by atoms with Crippen molar-refractivity contribution in [2.45, 2.75) is 13.3 Å². The molecule has 0 aliphatic carbocycles. The highest BCUT2D eigenvalue weighted by atomic mass is 19.4. The minimum absolute atomic E-state index is 0.277. The highest BCUT2D eigenvalue weighted by Crippen LogP contribution is 2.28. The number of amides is 1. The fourth-order valence-electron chi connectivity index (χ4n) is 2.07. The molecule has 6 nitrogen and oxygen atoms in total. The third-order valence-corrected chi connectivity index (χ3v) is 3.13. The fraction of sp³-hybridized carbons (Fsp3) is 0.222. The Morgan fingerprint density at radius 3 is 2.37 bits per heavy atom. The monoisotopic (exact) mass is 383 g/mol. The Hall–Kier alpha value is -3.23. The number of hydrogen-bond acceptors (Lipinski definition) is 5. The molecule has 0 aliphatic rings. The van der Waals surface area contributed by atoms with E-state index in [1.807, 2.05) is 0 Å². The van der Waals surface area contributed by atoms with Crippen LogP contribution in [-0.4, -0.2) is 31.8 Å². The number of hydrogen-bond donors (Lipinski definition) is 1. The molecule has 0 radical (unpaired) electrons. The molecular formula is C18H16F3NO5. The number of nitrogens with one attached hydrogen (secondary N) is 1. The van der Waals surface area contributed by atoms with Crippen LogP contribution in [0.25, 0.3) is 0 Å². The van der Waals surface area contributed by atoms with E-state index in [1.165, 1.54) is 30.3 Å². The first kappa shape index (κ1) is 20.1. The Balaban J connectivity index is 1.93. The number of anilines is 1. The Kier molecular flexibility index (Phi) is 6.64. The van der Waals surface area contributed by atoms with Crippen LogP contribution >= 0.6 is 0 Å². The molecule has 0 bridgehead atoms. The Labute approximate surface area is 152 Å². The van der Waals surface area contributed by atoms with Crippen molar-refractivity contribution < 1.29 is 37.0 Å². The molecule has 0 saturated heterocycles. The first-order valence-electron chi connectivity index (χ1n) is 7.81. The maximum Gasteiger partial charge on any atom is 0.573 e. The average Bonchev–Trinajstić information content (AvgIpc) is 2.61. The highest BCUT2D eigenvalue weighted by Gasteiger charge is 2.30. The van der Waals surface area contributed by atoms with E-state index in [9.17, 15) is 22.8 Å². The molecule has 0 unspecified atom stereocenters. The van der Waals surface area contributed by atoms with Gasteiger partial charge in [-0.05, 0) is 49.4 Å². The van der Waals surface area contributed by atoms with Crippen LogP contribution < -0.4 is 19.5 Å². The summed E-state index contributed by atoms with van der Waals surface area (Å²) in [6, 6.07) is 9.20. The molecule has 0 aromatic heterocycles. The average molecular weight is 383 g/mol. The lowest BCUT2D eigenvalue weighted by Crippen LogP contribution is -2.20. The van der Waals surface area contributed by atoms with Crippen LogP contribution in [0.1, 0.15) is 17.3 Å². The largest absolute Gasteiger partial charge is 0.573 e. The van der Waals surface area contributed by atoms with Crippen LogP contribution in [0.5, 0.6) is 17.2 Å². The van der Waals surface area contributed by atoms with E-state index >= 15 is 0 Å². The van der Waals surface area contributed by atoms with Gasteiger partial charge in [-0.2, -0.15) is 0 Å².